The van der Waals surface area contributed by atoms with Crippen LogP contribution < -0.4 is 10.6 Å². The quantitative estimate of drug-likeness (QED) is 0.766. The molecule has 5 nitrogen and oxygen atoms in total. The van der Waals surface area contributed by atoms with E-state index in [1.807, 2.05) is 49.4 Å². The van der Waals surface area contributed by atoms with E-state index in [9.17, 15) is 4.79 Å². The van der Waals surface area contributed by atoms with Gasteiger partial charge in [0.25, 0.3) is 0 Å². The Bertz CT molecular complexity index is 787. The Hall–Kier alpha value is -2.73. The Labute approximate surface area is 138 Å². The van der Waals surface area contributed by atoms with Crippen molar-refractivity contribution in [2.24, 2.45) is 0 Å². The van der Waals surface area contributed by atoms with Crippen molar-refractivity contribution in [3.8, 4) is 10.6 Å². The topological polar surface area (TPSA) is 66.9 Å². The molecular formula is C17H16N4OS. The lowest BCUT2D eigenvalue weighted by Crippen LogP contribution is -2.28. The minimum absolute atomic E-state index is 0.230. The largest absolute Gasteiger partial charge is 0.333 e. The molecule has 6 heteroatoms. The molecule has 0 aliphatic rings. The molecule has 0 bridgehead atoms. The van der Waals surface area contributed by atoms with Gasteiger partial charge < -0.3 is 10.6 Å². The lowest BCUT2D eigenvalue weighted by Gasteiger charge is -2.06. The van der Waals surface area contributed by atoms with Crippen LogP contribution in [0.5, 0.6) is 0 Å². The van der Waals surface area contributed by atoms with E-state index in [4.69, 9.17) is 0 Å². The molecule has 3 aromatic rings. The van der Waals surface area contributed by atoms with Crippen LogP contribution in [0.4, 0.5) is 10.5 Å². The van der Waals surface area contributed by atoms with Gasteiger partial charge in [0.05, 0.1) is 12.2 Å². The first-order valence-electron chi connectivity index (χ1n) is 7.19. The Kier molecular flexibility index (Phi) is 4.63. The number of carbonyl (C=O) groups is 1. The Morgan fingerprint density at radius 3 is 2.74 bits per heavy atom. The number of aromatic nitrogens is 2. The van der Waals surface area contributed by atoms with Crippen LogP contribution in [0.2, 0.25) is 0 Å². The van der Waals surface area contributed by atoms with E-state index in [0.29, 0.717) is 6.54 Å². The van der Waals surface area contributed by atoms with Crippen molar-refractivity contribution in [2.45, 2.75) is 13.5 Å². The predicted octanol–water partition coefficient (Wildman–Crippen LogP) is 3.84. The third-order valence-corrected chi connectivity index (χ3v) is 4.45. The van der Waals surface area contributed by atoms with E-state index in [0.717, 1.165) is 26.8 Å². The van der Waals surface area contributed by atoms with E-state index < -0.39 is 0 Å². The highest BCUT2D eigenvalue weighted by molar-refractivity contribution is 7.15. The summed E-state index contributed by atoms with van der Waals surface area (Å²) in [6.07, 6.45) is 3.53. The maximum atomic E-state index is 11.9. The van der Waals surface area contributed by atoms with Gasteiger partial charge in [-0.1, -0.05) is 18.2 Å². The zero-order valence-electron chi connectivity index (χ0n) is 12.6. The van der Waals surface area contributed by atoms with Crippen LogP contribution in [0.1, 0.15) is 10.6 Å². The zero-order chi connectivity index (χ0) is 16.1. The average Bonchev–Trinajstić information content (AvgIpc) is 2.96. The monoisotopic (exact) mass is 324 g/mol. The summed E-state index contributed by atoms with van der Waals surface area (Å²) in [6.45, 7) is 2.39. The van der Waals surface area contributed by atoms with E-state index in [1.165, 1.54) is 0 Å². The maximum absolute atomic E-state index is 11.9. The molecule has 2 aromatic heterocycles. The minimum atomic E-state index is -0.230. The molecule has 0 saturated heterocycles. The number of amides is 2. The molecule has 0 spiro atoms. The van der Waals surface area contributed by atoms with Gasteiger partial charge in [-0.25, -0.2) is 9.78 Å². The summed E-state index contributed by atoms with van der Waals surface area (Å²) in [5, 5.41) is 6.56. The highest BCUT2D eigenvalue weighted by Gasteiger charge is 2.10. The molecule has 0 atom stereocenters. The van der Waals surface area contributed by atoms with Crippen molar-refractivity contribution in [3.05, 3.63) is 65.4 Å². The Morgan fingerprint density at radius 1 is 1.17 bits per heavy atom. The molecule has 0 fully saturated rings. The SMILES string of the molecule is Cc1nc(-c2cccnc2)sc1CNC(=O)Nc1ccccc1. The zero-order valence-corrected chi connectivity index (χ0v) is 13.4. The molecule has 0 aliphatic carbocycles. The van der Waals surface area contributed by atoms with Gasteiger partial charge in [-0.15, -0.1) is 11.3 Å². The number of urea groups is 1. The molecule has 0 saturated carbocycles. The van der Waals surface area contributed by atoms with E-state index in [-0.39, 0.29) is 6.03 Å². The van der Waals surface area contributed by atoms with E-state index in [1.54, 1.807) is 23.7 Å². The molecular weight excluding hydrogens is 308 g/mol. The van der Waals surface area contributed by atoms with Crippen LogP contribution in [-0.4, -0.2) is 16.0 Å². The molecule has 0 aliphatic heterocycles. The van der Waals surface area contributed by atoms with Gasteiger partial charge >= 0.3 is 6.03 Å². The van der Waals surface area contributed by atoms with Crippen LogP contribution in [0, 0.1) is 6.92 Å². The standard InChI is InChI=1S/C17H16N4OS/c1-12-15(23-16(20-12)13-6-5-9-18-10-13)11-19-17(22)21-14-7-3-2-4-8-14/h2-10H,11H2,1H3,(H2,19,21,22). The number of anilines is 1. The summed E-state index contributed by atoms with van der Waals surface area (Å²) >= 11 is 1.57. The molecule has 116 valence electrons. The Morgan fingerprint density at radius 2 is 2.00 bits per heavy atom. The Balaban J connectivity index is 1.62. The number of nitrogens with one attached hydrogen (secondary N) is 2. The summed E-state index contributed by atoms with van der Waals surface area (Å²) in [7, 11) is 0. The summed E-state index contributed by atoms with van der Waals surface area (Å²) < 4.78 is 0. The number of hydrogen-bond acceptors (Lipinski definition) is 4. The molecule has 3 rings (SSSR count). The third-order valence-electron chi connectivity index (χ3n) is 3.24. The molecule has 0 unspecified atom stereocenters. The number of nitrogens with zero attached hydrogens (tertiary/aromatic N) is 2. The summed E-state index contributed by atoms with van der Waals surface area (Å²) in [6, 6.07) is 13.0. The highest BCUT2D eigenvalue weighted by atomic mass is 32.1. The van der Waals surface area contributed by atoms with Gasteiger partial charge in [-0.2, -0.15) is 0 Å². The molecule has 23 heavy (non-hydrogen) atoms. The van der Waals surface area contributed by atoms with E-state index in [2.05, 4.69) is 20.6 Å². The number of rotatable bonds is 4. The van der Waals surface area contributed by atoms with Gasteiger partial charge in [-0.3, -0.25) is 4.98 Å². The second-order valence-corrected chi connectivity index (χ2v) is 6.03. The van der Waals surface area contributed by atoms with Crippen molar-refractivity contribution >= 4 is 23.1 Å². The summed E-state index contributed by atoms with van der Waals surface area (Å²) in [5.41, 5.74) is 2.68. The molecule has 2 amide bonds. The van der Waals surface area contributed by atoms with Gasteiger partial charge in [0, 0.05) is 28.5 Å². The van der Waals surface area contributed by atoms with Crippen LogP contribution in [-0.2, 0) is 6.54 Å². The minimum Gasteiger partial charge on any atom is -0.333 e. The van der Waals surface area contributed by atoms with Gasteiger partial charge in [0.15, 0.2) is 0 Å². The van der Waals surface area contributed by atoms with Crippen LogP contribution in [0.3, 0.4) is 0 Å². The van der Waals surface area contributed by atoms with Crippen LogP contribution in [0.25, 0.3) is 10.6 Å². The molecule has 2 heterocycles. The highest BCUT2D eigenvalue weighted by Crippen LogP contribution is 2.27. The third kappa shape index (κ3) is 3.92. The fourth-order valence-corrected chi connectivity index (χ4v) is 3.05. The smallest absolute Gasteiger partial charge is 0.319 e. The normalized spacial score (nSPS) is 10.3. The fraction of sp³-hybridized carbons (Fsp3) is 0.118. The second-order valence-electron chi connectivity index (χ2n) is 4.94. The van der Waals surface area contributed by atoms with Crippen molar-refractivity contribution in [2.75, 3.05) is 5.32 Å². The van der Waals surface area contributed by atoms with Gasteiger partial charge in [0.1, 0.15) is 5.01 Å². The van der Waals surface area contributed by atoms with Crippen molar-refractivity contribution in [1.29, 1.82) is 0 Å². The van der Waals surface area contributed by atoms with Gasteiger partial charge in [-0.05, 0) is 31.2 Å². The van der Waals surface area contributed by atoms with E-state index >= 15 is 0 Å². The number of pyridine rings is 1. The number of hydrogen-bond donors (Lipinski definition) is 2. The summed E-state index contributed by atoms with van der Waals surface area (Å²) in [5.74, 6) is 0. The first kappa shape index (κ1) is 15.2. The number of aryl methyl sites for hydroxylation is 1. The summed E-state index contributed by atoms with van der Waals surface area (Å²) in [4.78, 5) is 21.6. The maximum Gasteiger partial charge on any atom is 0.319 e. The number of benzene rings is 1. The average molecular weight is 324 g/mol. The second kappa shape index (κ2) is 7.02. The van der Waals surface area contributed by atoms with Crippen molar-refractivity contribution < 1.29 is 4.79 Å². The van der Waals surface area contributed by atoms with Crippen molar-refractivity contribution in [3.63, 3.8) is 0 Å². The lowest BCUT2D eigenvalue weighted by molar-refractivity contribution is 0.252. The van der Waals surface area contributed by atoms with Crippen LogP contribution >= 0.6 is 11.3 Å². The molecule has 2 N–H and O–H groups in total. The molecule has 1 aromatic carbocycles. The number of carbonyl (C=O) groups excluding carboxylic acids is 1. The first-order valence-corrected chi connectivity index (χ1v) is 8.00. The van der Waals surface area contributed by atoms with Crippen LogP contribution in [0.15, 0.2) is 54.9 Å². The fourth-order valence-electron chi connectivity index (χ4n) is 2.06. The van der Waals surface area contributed by atoms with Gasteiger partial charge in [0.2, 0.25) is 0 Å². The number of thiazole rings is 1. The van der Waals surface area contributed by atoms with Crippen molar-refractivity contribution in [1.82, 2.24) is 15.3 Å². The molecule has 0 radical (unpaired) electrons. The first-order chi connectivity index (χ1) is 11.2. The number of para-hydroxylation sites is 1. The lowest BCUT2D eigenvalue weighted by atomic mass is 10.3. The predicted molar refractivity (Wildman–Crippen MR) is 92.4 cm³/mol.